The average molecular weight is 219 g/mol. The van der Waals surface area contributed by atoms with Crippen LogP contribution in [-0.4, -0.2) is 27.6 Å². The van der Waals surface area contributed by atoms with Crippen LogP contribution in [0.15, 0.2) is 12.5 Å². The van der Waals surface area contributed by atoms with Crippen LogP contribution in [-0.2, 0) is 4.79 Å². The highest BCUT2D eigenvalue weighted by molar-refractivity contribution is 5.75. The molecule has 1 saturated heterocycles. The Bertz CT molecular complexity index is 449. The number of nitrogens with zero attached hydrogens (tertiary/aromatic N) is 2. The Kier molecular flexibility index (Phi) is 1.97. The molecule has 16 heavy (non-hydrogen) atoms. The molecule has 1 saturated carbocycles. The lowest BCUT2D eigenvalue weighted by Crippen LogP contribution is -2.24. The highest BCUT2D eigenvalue weighted by Crippen LogP contribution is 2.57. The van der Waals surface area contributed by atoms with E-state index in [1.807, 2.05) is 6.92 Å². The van der Waals surface area contributed by atoms with Crippen LogP contribution in [0, 0.1) is 24.7 Å². The van der Waals surface area contributed by atoms with Crippen LogP contribution in [0.2, 0.25) is 0 Å². The molecule has 2 fully saturated rings. The van der Waals surface area contributed by atoms with Crippen molar-refractivity contribution in [2.75, 3.05) is 6.54 Å². The highest BCUT2D eigenvalue weighted by Gasteiger charge is 2.62. The Balaban J connectivity index is 1.88. The molecule has 0 amide bonds. The molecular formula is C11H13N3O2. The van der Waals surface area contributed by atoms with Crippen molar-refractivity contribution in [2.45, 2.75) is 13.0 Å². The second-order valence-electron chi connectivity index (χ2n) is 4.55. The fourth-order valence-corrected chi connectivity index (χ4v) is 2.89. The maximum Gasteiger partial charge on any atom is 0.307 e. The van der Waals surface area contributed by atoms with Gasteiger partial charge in [-0.25, -0.2) is 9.97 Å². The van der Waals surface area contributed by atoms with E-state index >= 15 is 0 Å². The predicted octanol–water partition coefficient (Wildman–Crippen LogP) is 0.376. The number of piperidine rings is 1. The SMILES string of the molecule is Cc1ncncc1C1NCC2C(C(=O)O)C12. The molecule has 1 aromatic rings. The largest absolute Gasteiger partial charge is 0.481 e. The molecule has 0 radical (unpaired) electrons. The zero-order valence-corrected chi connectivity index (χ0v) is 8.92. The van der Waals surface area contributed by atoms with Crippen molar-refractivity contribution < 1.29 is 9.90 Å². The minimum Gasteiger partial charge on any atom is -0.481 e. The number of carbonyl (C=O) groups is 1. The summed E-state index contributed by atoms with van der Waals surface area (Å²) in [5, 5.41) is 12.4. The Morgan fingerprint density at radius 3 is 3.06 bits per heavy atom. The van der Waals surface area contributed by atoms with Crippen molar-refractivity contribution >= 4 is 5.97 Å². The van der Waals surface area contributed by atoms with Crippen LogP contribution < -0.4 is 5.32 Å². The lowest BCUT2D eigenvalue weighted by molar-refractivity contribution is -0.139. The van der Waals surface area contributed by atoms with Crippen molar-refractivity contribution in [3.63, 3.8) is 0 Å². The molecule has 1 aromatic heterocycles. The first-order chi connectivity index (χ1) is 7.70. The molecule has 0 aromatic carbocycles. The van der Waals surface area contributed by atoms with Crippen LogP contribution in [0.1, 0.15) is 17.3 Å². The van der Waals surface area contributed by atoms with Gasteiger partial charge in [0, 0.05) is 23.5 Å². The van der Waals surface area contributed by atoms with Crippen molar-refractivity contribution in [1.29, 1.82) is 0 Å². The quantitative estimate of drug-likeness (QED) is 0.752. The molecule has 84 valence electrons. The third-order valence-electron chi connectivity index (χ3n) is 3.76. The molecule has 0 bridgehead atoms. The van der Waals surface area contributed by atoms with Gasteiger partial charge in [-0.05, 0) is 25.3 Å². The van der Waals surface area contributed by atoms with E-state index in [0.29, 0.717) is 5.92 Å². The number of hydrogen-bond acceptors (Lipinski definition) is 4. The third-order valence-corrected chi connectivity index (χ3v) is 3.76. The second-order valence-corrected chi connectivity index (χ2v) is 4.55. The third kappa shape index (κ3) is 1.24. The molecule has 4 unspecified atom stereocenters. The highest BCUT2D eigenvalue weighted by atomic mass is 16.4. The fourth-order valence-electron chi connectivity index (χ4n) is 2.89. The van der Waals surface area contributed by atoms with Crippen LogP contribution in [0.25, 0.3) is 0 Å². The fraction of sp³-hybridized carbons (Fsp3) is 0.545. The van der Waals surface area contributed by atoms with E-state index in [1.165, 1.54) is 6.33 Å². The minimum atomic E-state index is -0.670. The van der Waals surface area contributed by atoms with Gasteiger partial charge < -0.3 is 10.4 Å². The predicted molar refractivity (Wildman–Crippen MR) is 55.6 cm³/mol. The summed E-state index contributed by atoms with van der Waals surface area (Å²) >= 11 is 0. The summed E-state index contributed by atoms with van der Waals surface area (Å²) in [5.41, 5.74) is 1.97. The summed E-state index contributed by atoms with van der Waals surface area (Å²) in [4.78, 5) is 19.1. The summed E-state index contributed by atoms with van der Waals surface area (Å²) < 4.78 is 0. The van der Waals surface area contributed by atoms with Gasteiger partial charge in [-0.1, -0.05) is 0 Å². The van der Waals surface area contributed by atoms with Crippen molar-refractivity contribution in [2.24, 2.45) is 17.8 Å². The summed E-state index contributed by atoms with van der Waals surface area (Å²) in [6.45, 7) is 2.73. The molecule has 2 heterocycles. The number of fused-ring (bicyclic) bond motifs is 1. The first-order valence-electron chi connectivity index (χ1n) is 5.43. The van der Waals surface area contributed by atoms with Gasteiger partial charge >= 0.3 is 5.97 Å². The smallest absolute Gasteiger partial charge is 0.307 e. The standard InChI is InChI=1S/C11H13N3O2/c1-5-6(2-12-4-14-5)10-8-7(3-13-10)9(8)11(15)16/h2,4,7-10,13H,3H2,1H3,(H,15,16). The molecule has 4 atom stereocenters. The summed E-state index contributed by atoms with van der Waals surface area (Å²) in [7, 11) is 0. The zero-order valence-electron chi connectivity index (χ0n) is 8.92. The number of aliphatic carboxylic acids is 1. The van der Waals surface area contributed by atoms with Gasteiger partial charge in [-0.2, -0.15) is 0 Å². The number of carboxylic acids is 1. The van der Waals surface area contributed by atoms with Crippen LogP contribution in [0.3, 0.4) is 0 Å². The molecule has 2 N–H and O–H groups in total. The molecule has 1 aliphatic heterocycles. The Labute approximate surface area is 92.9 Å². The molecule has 1 aliphatic carbocycles. The topological polar surface area (TPSA) is 75.1 Å². The van der Waals surface area contributed by atoms with Gasteiger partial charge in [0.2, 0.25) is 0 Å². The van der Waals surface area contributed by atoms with Gasteiger partial charge in [0.1, 0.15) is 6.33 Å². The summed E-state index contributed by atoms with van der Waals surface area (Å²) in [6.07, 6.45) is 3.31. The first-order valence-corrected chi connectivity index (χ1v) is 5.43. The van der Waals surface area contributed by atoms with E-state index in [2.05, 4.69) is 15.3 Å². The Morgan fingerprint density at radius 2 is 2.44 bits per heavy atom. The van der Waals surface area contributed by atoms with Crippen molar-refractivity contribution in [3.8, 4) is 0 Å². The van der Waals surface area contributed by atoms with Gasteiger partial charge in [-0.15, -0.1) is 0 Å². The Hall–Kier alpha value is -1.49. The van der Waals surface area contributed by atoms with Crippen LogP contribution in [0.4, 0.5) is 0 Å². The minimum absolute atomic E-state index is 0.118. The van der Waals surface area contributed by atoms with Gasteiger partial charge in [0.15, 0.2) is 0 Å². The van der Waals surface area contributed by atoms with Crippen LogP contribution >= 0.6 is 0 Å². The lowest BCUT2D eigenvalue weighted by atomic mass is 10.0. The van der Waals surface area contributed by atoms with Gasteiger partial charge in [0.25, 0.3) is 0 Å². The maximum absolute atomic E-state index is 11.0. The number of aryl methyl sites for hydroxylation is 1. The molecule has 2 aliphatic rings. The van der Waals surface area contributed by atoms with E-state index in [-0.39, 0.29) is 17.9 Å². The van der Waals surface area contributed by atoms with E-state index in [4.69, 9.17) is 5.11 Å². The normalized spacial score (nSPS) is 35.8. The molecule has 3 rings (SSSR count). The monoisotopic (exact) mass is 219 g/mol. The Morgan fingerprint density at radius 1 is 1.62 bits per heavy atom. The van der Waals surface area contributed by atoms with E-state index in [0.717, 1.165) is 17.8 Å². The molecular weight excluding hydrogens is 206 g/mol. The first kappa shape index (κ1) is 9.72. The van der Waals surface area contributed by atoms with E-state index in [9.17, 15) is 4.79 Å². The van der Waals surface area contributed by atoms with E-state index < -0.39 is 5.97 Å². The zero-order chi connectivity index (χ0) is 11.3. The van der Waals surface area contributed by atoms with Crippen LogP contribution in [0.5, 0.6) is 0 Å². The average Bonchev–Trinajstić information content (AvgIpc) is 2.83. The number of rotatable bonds is 2. The maximum atomic E-state index is 11.0. The second kappa shape index (κ2) is 3.25. The number of carboxylic acid groups (broad SMARTS) is 1. The van der Waals surface area contributed by atoms with Gasteiger partial charge in [-0.3, -0.25) is 4.79 Å². The number of aromatic nitrogens is 2. The van der Waals surface area contributed by atoms with E-state index in [1.54, 1.807) is 6.20 Å². The van der Waals surface area contributed by atoms with Crippen molar-refractivity contribution in [1.82, 2.24) is 15.3 Å². The summed E-state index contributed by atoms with van der Waals surface area (Å²) in [6, 6.07) is 0.118. The number of hydrogen-bond donors (Lipinski definition) is 2. The van der Waals surface area contributed by atoms with Gasteiger partial charge in [0.05, 0.1) is 5.92 Å². The van der Waals surface area contributed by atoms with Crippen molar-refractivity contribution in [3.05, 3.63) is 23.8 Å². The lowest BCUT2D eigenvalue weighted by Gasteiger charge is -2.16. The molecule has 0 spiro atoms. The summed E-state index contributed by atoms with van der Waals surface area (Å²) in [5.74, 6) is -0.328. The number of nitrogens with one attached hydrogen (secondary N) is 1. The molecule has 5 heteroatoms. The molecule has 5 nitrogen and oxygen atoms in total.